The molecule has 2 aliphatic rings. The molecule has 3 unspecified atom stereocenters. The van der Waals surface area contributed by atoms with Crippen molar-refractivity contribution in [1.82, 2.24) is 0 Å². The van der Waals surface area contributed by atoms with Gasteiger partial charge in [-0.05, 0) is 18.8 Å². The lowest BCUT2D eigenvalue weighted by molar-refractivity contribution is -0.384. The third kappa shape index (κ3) is 9.80. The lowest BCUT2D eigenvalue weighted by atomic mass is 9.96. The van der Waals surface area contributed by atoms with Crippen molar-refractivity contribution in [2.75, 3.05) is 19.8 Å². The molecule has 260 valence electrons. The van der Waals surface area contributed by atoms with Gasteiger partial charge in [0.15, 0.2) is 18.3 Å². The van der Waals surface area contributed by atoms with Gasteiger partial charge in [-0.2, -0.15) is 0 Å². The summed E-state index contributed by atoms with van der Waals surface area (Å²) in [5.74, 6) is -6.63. The molecule has 15 nitrogen and oxygen atoms in total. The quantitative estimate of drug-likeness (QED) is 0.131. The van der Waals surface area contributed by atoms with Crippen molar-refractivity contribution < 1.29 is 72.8 Å². The highest BCUT2D eigenvalue weighted by molar-refractivity contribution is 5.74. The zero-order valence-electron chi connectivity index (χ0n) is 27.1. The number of hydrogen-bond donors (Lipinski definition) is 4. The first-order valence-electron chi connectivity index (χ1n) is 15.5. The Morgan fingerprint density at radius 1 is 0.822 bits per heavy atom. The van der Waals surface area contributed by atoms with Crippen LogP contribution in [0.3, 0.4) is 0 Å². The lowest BCUT2D eigenvalue weighted by Gasteiger charge is -2.46. The minimum Gasteiger partial charge on any atom is -0.463 e. The normalized spacial score (nSPS) is 33.5. The predicted molar refractivity (Wildman–Crippen MR) is 153 cm³/mol. The Morgan fingerprint density at radius 2 is 1.40 bits per heavy atom. The van der Waals surface area contributed by atoms with Crippen LogP contribution < -0.4 is 0 Å². The van der Waals surface area contributed by atoms with E-state index in [9.17, 15) is 39.6 Å². The molecule has 0 aliphatic carbocycles. The van der Waals surface area contributed by atoms with Gasteiger partial charge in [-0.3, -0.25) is 19.2 Å². The number of aliphatic hydroxyl groups excluding tert-OH is 4. The number of esters is 4. The molecule has 12 atom stereocenters. The van der Waals surface area contributed by atoms with Crippen LogP contribution in [-0.2, 0) is 52.3 Å². The summed E-state index contributed by atoms with van der Waals surface area (Å²) in [6.45, 7) is 9.23. The summed E-state index contributed by atoms with van der Waals surface area (Å²) < 4.78 is 40.1. The van der Waals surface area contributed by atoms with Gasteiger partial charge in [0.2, 0.25) is 12.1 Å². The molecule has 0 bridgehead atoms. The largest absolute Gasteiger partial charge is 0.463 e. The maximum atomic E-state index is 13.2. The SMILES string of the molecule is CCC(C)CC(=O)O[C@H]1[C@@H](O[C@]2(CO)O[C@H](CO)[C@@H](O)[C@@H]2O)O[C@H](COC(C)=O)[C@@H](OC(=O)C(C)CC)[C@@H]1OC(=O)C(C)CC. The van der Waals surface area contributed by atoms with Crippen LogP contribution in [0.1, 0.15) is 74.1 Å². The number of hydrogen-bond acceptors (Lipinski definition) is 15. The van der Waals surface area contributed by atoms with Crippen LogP contribution in [-0.4, -0.2) is 119 Å². The third-order valence-electron chi connectivity index (χ3n) is 8.28. The summed E-state index contributed by atoms with van der Waals surface area (Å²) in [4.78, 5) is 51.2. The van der Waals surface area contributed by atoms with Crippen LogP contribution >= 0.6 is 0 Å². The molecule has 4 N–H and O–H groups in total. The molecular formula is C30H50O15. The van der Waals surface area contributed by atoms with Crippen LogP contribution in [0.4, 0.5) is 0 Å². The zero-order valence-corrected chi connectivity index (χ0v) is 27.1. The van der Waals surface area contributed by atoms with Gasteiger partial charge >= 0.3 is 23.9 Å². The fraction of sp³-hybridized carbons (Fsp3) is 0.867. The summed E-state index contributed by atoms with van der Waals surface area (Å²) in [7, 11) is 0. The summed E-state index contributed by atoms with van der Waals surface area (Å²) >= 11 is 0. The van der Waals surface area contributed by atoms with Gasteiger partial charge in [-0.1, -0.05) is 48.0 Å². The first-order valence-corrected chi connectivity index (χ1v) is 15.5. The molecule has 2 fully saturated rings. The van der Waals surface area contributed by atoms with Crippen molar-refractivity contribution >= 4 is 23.9 Å². The van der Waals surface area contributed by atoms with Gasteiger partial charge in [0.1, 0.15) is 37.6 Å². The zero-order chi connectivity index (χ0) is 34.1. The smallest absolute Gasteiger partial charge is 0.309 e. The van der Waals surface area contributed by atoms with E-state index in [1.807, 2.05) is 13.8 Å². The molecule has 0 aromatic heterocycles. The molecule has 2 aliphatic heterocycles. The van der Waals surface area contributed by atoms with E-state index in [1.165, 1.54) is 0 Å². The Hall–Kier alpha value is -2.40. The van der Waals surface area contributed by atoms with Crippen LogP contribution in [0.2, 0.25) is 0 Å². The Bertz CT molecular complexity index is 990. The average Bonchev–Trinajstić information content (AvgIpc) is 3.26. The fourth-order valence-electron chi connectivity index (χ4n) is 4.64. The molecule has 2 rings (SSSR count). The molecular weight excluding hydrogens is 600 g/mol. The molecule has 45 heavy (non-hydrogen) atoms. The topological polar surface area (TPSA) is 214 Å². The Balaban J connectivity index is 2.69. The minimum atomic E-state index is -2.41. The standard InChI is InChI=1S/C30H50O15/c1-8-15(4)11-21(34)41-25-24(43-28(38)17(6)10-3)23(42-27(37)16(5)9-2)20(13-39-18(7)33)40-29(25)45-30(14-32)26(36)22(35)19(12-31)44-30/h15-17,19-20,22-26,29,31-32,35-36H,8-14H2,1-7H3/t15?,16?,17?,19-,20-,22-,23-,24+,25-,26+,29-,30+/m1/s1. The molecule has 2 heterocycles. The van der Waals surface area contributed by atoms with E-state index in [-0.39, 0.29) is 12.3 Å². The second-order valence-corrected chi connectivity index (χ2v) is 11.8. The van der Waals surface area contributed by atoms with Crippen molar-refractivity contribution in [2.24, 2.45) is 17.8 Å². The minimum absolute atomic E-state index is 0.0600. The summed E-state index contributed by atoms with van der Waals surface area (Å²) in [5.41, 5.74) is 0. The molecule has 0 radical (unpaired) electrons. The van der Waals surface area contributed by atoms with Crippen LogP contribution in [0.5, 0.6) is 0 Å². The Morgan fingerprint density at radius 3 is 1.87 bits per heavy atom. The van der Waals surface area contributed by atoms with Crippen molar-refractivity contribution in [3.05, 3.63) is 0 Å². The van der Waals surface area contributed by atoms with Gasteiger partial charge in [-0.15, -0.1) is 0 Å². The van der Waals surface area contributed by atoms with E-state index in [1.54, 1.807) is 27.7 Å². The molecule has 0 aromatic carbocycles. The van der Waals surface area contributed by atoms with Gasteiger partial charge < -0.3 is 53.6 Å². The highest BCUT2D eigenvalue weighted by Crippen LogP contribution is 2.38. The highest BCUT2D eigenvalue weighted by Gasteiger charge is 2.61. The van der Waals surface area contributed by atoms with E-state index in [0.717, 1.165) is 6.92 Å². The van der Waals surface area contributed by atoms with Gasteiger partial charge in [-0.25, -0.2) is 0 Å². The molecule has 0 aromatic rings. The van der Waals surface area contributed by atoms with E-state index in [0.29, 0.717) is 19.3 Å². The number of ether oxygens (including phenoxy) is 7. The van der Waals surface area contributed by atoms with Crippen LogP contribution in [0, 0.1) is 17.8 Å². The second-order valence-electron chi connectivity index (χ2n) is 11.8. The average molecular weight is 651 g/mol. The van der Waals surface area contributed by atoms with Gasteiger partial charge in [0.05, 0.1) is 18.4 Å². The van der Waals surface area contributed by atoms with E-state index >= 15 is 0 Å². The monoisotopic (exact) mass is 650 g/mol. The van der Waals surface area contributed by atoms with Crippen molar-refractivity contribution in [3.8, 4) is 0 Å². The molecule has 2 saturated heterocycles. The van der Waals surface area contributed by atoms with E-state index in [2.05, 4.69) is 0 Å². The molecule has 0 saturated carbocycles. The fourth-order valence-corrected chi connectivity index (χ4v) is 4.64. The van der Waals surface area contributed by atoms with Crippen molar-refractivity contribution in [2.45, 2.75) is 129 Å². The van der Waals surface area contributed by atoms with Crippen molar-refractivity contribution in [3.63, 3.8) is 0 Å². The number of aliphatic hydroxyl groups is 4. The molecule has 15 heteroatoms. The molecule has 0 spiro atoms. The first kappa shape index (κ1) is 38.8. The Labute approximate surface area is 263 Å². The molecule has 0 amide bonds. The van der Waals surface area contributed by atoms with Gasteiger partial charge in [0, 0.05) is 13.3 Å². The summed E-state index contributed by atoms with van der Waals surface area (Å²) in [6, 6.07) is 0. The lowest BCUT2D eigenvalue weighted by Crippen LogP contribution is -2.65. The van der Waals surface area contributed by atoms with Crippen LogP contribution in [0.15, 0.2) is 0 Å². The number of rotatable bonds is 16. The first-order chi connectivity index (χ1) is 21.2. The maximum absolute atomic E-state index is 13.2. The highest BCUT2D eigenvalue weighted by atomic mass is 16.8. The summed E-state index contributed by atoms with van der Waals surface area (Å²) in [5, 5.41) is 41.2. The second kappa shape index (κ2) is 17.5. The van der Waals surface area contributed by atoms with Crippen molar-refractivity contribution in [1.29, 1.82) is 0 Å². The van der Waals surface area contributed by atoms with E-state index < -0.39 is 110 Å². The van der Waals surface area contributed by atoms with Gasteiger partial charge in [0.25, 0.3) is 0 Å². The summed E-state index contributed by atoms with van der Waals surface area (Å²) in [6.07, 6.45) is -11.6. The van der Waals surface area contributed by atoms with E-state index in [4.69, 9.17) is 33.2 Å². The maximum Gasteiger partial charge on any atom is 0.309 e. The number of carbonyl (C=O) groups is 4. The predicted octanol–water partition coefficient (Wildman–Crippen LogP) is 0.356. The van der Waals surface area contributed by atoms with Crippen LogP contribution in [0.25, 0.3) is 0 Å². The Kier molecular flexibility index (Phi) is 15.1. The number of carbonyl (C=O) groups excluding carboxylic acids is 4. The third-order valence-corrected chi connectivity index (χ3v) is 8.28.